The molecule has 0 unspecified atom stereocenters. The van der Waals surface area contributed by atoms with Gasteiger partial charge in [0.15, 0.2) is 0 Å². The largest absolute Gasteiger partial charge is 0.457 e. The fourth-order valence-corrected chi connectivity index (χ4v) is 3.38. The van der Waals surface area contributed by atoms with E-state index in [0.717, 1.165) is 6.07 Å². The Kier molecular flexibility index (Phi) is 6.36. The Bertz CT molecular complexity index is 1260. The molecule has 0 radical (unpaired) electrons. The van der Waals surface area contributed by atoms with Gasteiger partial charge in [0.25, 0.3) is 0 Å². The average molecular weight is 465 g/mol. The zero-order valence-corrected chi connectivity index (χ0v) is 18.2. The lowest BCUT2D eigenvalue weighted by atomic mass is 10.0. The Balaban J connectivity index is 1.41. The second kappa shape index (κ2) is 9.38. The van der Waals surface area contributed by atoms with Gasteiger partial charge in [-0.3, -0.25) is 19.4 Å². The normalized spacial score (nSPS) is 13.6. The molecule has 1 aliphatic rings. The monoisotopic (exact) mass is 465 g/mol. The lowest BCUT2D eigenvalue weighted by Crippen LogP contribution is -2.35. The first kappa shape index (κ1) is 23.0. The third kappa shape index (κ3) is 5.25. The Morgan fingerprint density at radius 3 is 2.26 bits per heavy atom. The molecule has 1 saturated carbocycles. The Morgan fingerprint density at radius 1 is 0.941 bits per heavy atom. The zero-order valence-electron chi connectivity index (χ0n) is 18.2. The lowest BCUT2D eigenvalue weighted by Gasteiger charge is -2.16. The summed E-state index contributed by atoms with van der Waals surface area (Å²) < 4.78 is 33.4. The number of nitrogens with zero attached hydrogens (tertiary/aromatic N) is 1. The first-order valence-electron chi connectivity index (χ1n) is 10.6. The van der Waals surface area contributed by atoms with Crippen LogP contribution in [0.2, 0.25) is 0 Å². The van der Waals surface area contributed by atoms with Crippen molar-refractivity contribution in [2.24, 2.45) is 5.41 Å². The summed E-state index contributed by atoms with van der Waals surface area (Å²) >= 11 is 0. The molecule has 0 saturated heterocycles. The molecule has 3 aromatic rings. The van der Waals surface area contributed by atoms with Gasteiger partial charge in [0.2, 0.25) is 11.8 Å². The number of anilines is 2. The minimum Gasteiger partial charge on any atom is -0.457 e. The second-order valence-electron chi connectivity index (χ2n) is 8.10. The van der Waals surface area contributed by atoms with Crippen LogP contribution in [0.15, 0.2) is 60.8 Å². The molecule has 2 aromatic carbocycles. The standard InChI is InChI=1S/C25H21F2N3O4/c1-15(31)12-18-13-20(8-11-28-18)34-19-6-7-22(21(27)14-19)30-24(33)25(9-10-25)23(32)29-17-4-2-16(26)3-5-17/h2-8,11,13-14H,9-10,12H2,1H3,(H,29,32)(H,30,33). The predicted octanol–water partition coefficient (Wildman–Crippen LogP) is 4.64. The molecule has 1 heterocycles. The quantitative estimate of drug-likeness (QED) is 0.473. The lowest BCUT2D eigenvalue weighted by molar-refractivity contribution is -0.131. The van der Waals surface area contributed by atoms with Gasteiger partial charge in [-0.2, -0.15) is 0 Å². The first-order chi connectivity index (χ1) is 16.2. The van der Waals surface area contributed by atoms with Crippen molar-refractivity contribution in [1.82, 2.24) is 4.98 Å². The number of aromatic nitrogens is 1. The molecule has 0 atom stereocenters. The number of halogens is 2. The number of amides is 2. The predicted molar refractivity (Wildman–Crippen MR) is 120 cm³/mol. The molecule has 7 nitrogen and oxygen atoms in total. The number of Topliss-reactive ketones (excluding diaryl/α,β-unsaturated/α-hetero) is 1. The molecular weight excluding hydrogens is 444 g/mol. The fraction of sp³-hybridized carbons (Fsp3) is 0.200. The fourth-order valence-electron chi connectivity index (χ4n) is 3.38. The van der Waals surface area contributed by atoms with Gasteiger partial charge in [0.1, 0.15) is 34.3 Å². The molecule has 0 aliphatic heterocycles. The number of hydrogen-bond donors (Lipinski definition) is 2. The topological polar surface area (TPSA) is 97.4 Å². The third-order valence-corrected chi connectivity index (χ3v) is 5.36. The average Bonchev–Trinajstić information content (AvgIpc) is 3.59. The molecule has 1 aromatic heterocycles. The molecule has 174 valence electrons. The molecule has 9 heteroatoms. The van der Waals surface area contributed by atoms with E-state index in [9.17, 15) is 23.2 Å². The first-order valence-corrected chi connectivity index (χ1v) is 10.6. The van der Waals surface area contributed by atoms with Gasteiger partial charge in [-0.1, -0.05) is 0 Å². The number of ketones is 1. The van der Waals surface area contributed by atoms with Crippen LogP contribution >= 0.6 is 0 Å². The van der Waals surface area contributed by atoms with Gasteiger partial charge >= 0.3 is 0 Å². The molecule has 2 amide bonds. The van der Waals surface area contributed by atoms with Crippen molar-refractivity contribution in [3.8, 4) is 11.5 Å². The Hall–Kier alpha value is -4.14. The van der Waals surface area contributed by atoms with Crippen LogP contribution in [-0.2, 0) is 20.8 Å². The molecule has 4 rings (SSSR count). The highest BCUT2D eigenvalue weighted by Gasteiger charge is 2.56. The minimum absolute atomic E-state index is 0.0458. The minimum atomic E-state index is -1.31. The molecule has 0 bridgehead atoms. The molecule has 2 N–H and O–H groups in total. The van der Waals surface area contributed by atoms with E-state index in [2.05, 4.69) is 15.6 Å². The summed E-state index contributed by atoms with van der Waals surface area (Å²) in [4.78, 5) is 40.8. The van der Waals surface area contributed by atoms with Gasteiger partial charge < -0.3 is 15.4 Å². The number of ether oxygens (including phenoxy) is 1. The van der Waals surface area contributed by atoms with Crippen LogP contribution in [0, 0.1) is 17.0 Å². The van der Waals surface area contributed by atoms with Crippen LogP contribution in [0.3, 0.4) is 0 Å². The van der Waals surface area contributed by atoms with Crippen molar-refractivity contribution >= 4 is 29.0 Å². The van der Waals surface area contributed by atoms with E-state index in [1.807, 2.05) is 0 Å². The molecule has 1 fully saturated rings. The van der Waals surface area contributed by atoms with E-state index >= 15 is 0 Å². The maximum atomic E-state index is 14.7. The highest BCUT2D eigenvalue weighted by Crippen LogP contribution is 2.47. The summed E-state index contributed by atoms with van der Waals surface area (Å²) in [6, 6.07) is 12.3. The summed E-state index contributed by atoms with van der Waals surface area (Å²) in [5.74, 6) is -1.81. The maximum Gasteiger partial charge on any atom is 0.240 e. The van der Waals surface area contributed by atoms with Crippen molar-refractivity contribution in [2.75, 3.05) is 10.6 Å². The van der Waals surface area contributed by atoms with E-state index in [4.69, 9.17) is 4.74 Å². The van der Waals surface area contributed by atoms with Gasteiger partial charge in [0.05, 0.1) is 11.4 Å². The van der Waals surface area contributed by atoms with Crippen molar-refractivity contribution in [3.05, 3.63) is 78.1 Å². The van der Waals surface area contributed by atoms with Crippen LogP contribution in [-0.4, -0.2) is 22.6 Å². The molecule has 34 heavy (non-hydrogen) atoms. The van der Waals surface area contributed by atoms with E-state index in [0.29, 0.717) is 30.0 Å². The van der Waals surface area contributed by atoms with Gasteiger partial charge in [0, 0.05) is 30.4 Å². The van der Waals surface area contributed by atoms with E-state index in [-0.39, 0.29) is 23.6 Å². The Labute approximate surface area is 194 Å². The summed E-state index contributed by atoms with van der Waals surface area (Å²) in [6.45, 7) is 1.45. The number of nitrogens with one attached hydrogen (secondary N) is 2. The number of rotatable bonds is 8. The van der Waals surface area contributed by atoms with Crippen molar-refractivity contribution in [1.29, 1.82) is 0 Å². The number of carbonyl (C=O) groups excluding carboxylic acids is 3. The number of hydrogen-bond acceptors (Lipinski definition) is 5. The van der Waals surface area contributed by atoms with E-state index in [1.165, 1.54) is 49.5 Å². The summed E-state index contributed by atoms with van der Waals surface area (Å²) in [7, 11) is 0. The van der Waals surface area contributed by atoms with Crippen LogP contribution < -0.4 is 15.4 Å². The number of pyridine rings is 1. The van der Waals surface area contributed by atoms with Crippen molar-refractivity contribution in [3.63, 3.8) is 0 Å². The summed E-state index contributed by atoms with van der Waals surface area (Å²) in [5, 5.41) is 5.07. The van der Waals surface area contributed by atoms with Crippen molar-refractivity contribution < 1.29 is 27.9 Å². The molecular formula is C25H21F2N3O4. The van der Waals surface area contributed by atoms with Crippen molar-refractivity contribution in [2.45, 2.75) is 26.2 Å². The van der Waals surface area contributed by atoms with Gasteiger partial charge in [-0.15, -0.1) is 0 Å². The summed E-state index contributed by atoms with van der Waals surface area (Å²) in [5.41, 5.74) is -0.505. The third-order valence-electron chi connectivity index (χ3n) is 5.36. The number of carbonyl (C=O) groups is 3. The van der Waals surface area contributed by atoms with Crippen LogP contribution in [0.5, 0.6) is 11.5 Å². The molecule has 0 spiro atoms. The number of benzene rings is 2. The van der Waals surface area contributed by atoms with E-state index in [1.54, 1.807) is 12.1 Å². The van der Waals surface area contributed by atoms with Gasteiger partial charge in [-0.05, 0) is 62.2 Å². The molecule has 1 aliphatic carbocycles. The highest BCUT2D eigenvalue weighted by molar-refractivity contribution is 6.16. The summed E-state index contributed by atoms with van der Waals surface area (Å²) in [6.07, 6.45) is 2.29. The van der Waals surface area contributed by atoms with E-state index < -0.39 is 28.9 Å². The van der Waals surface area contributed by atoms with Crippen LogP contribution in [0.1, 0.15) is 25.5 Å². The van der Waals surface area contributed by atoms with Crippen LogP contribution in [0.25, 0.3) is 0 Å². The second-order valence-corrected chi connectivity index (χ2v) is 8.10. The smallest absolute Gasteiger partial charge is 0.240 e. The highest BCUT2D eigenvalue weighted by atomic mass is 19.1. The SMILES string of the molecule is CC(=O)Cc1cc(Oc2ccc(NC(=O)C3(C(=O)Nc4ccc(F)cc4)CC3)c(F)c2)ccn1. The zero-order chi connectivity index (χ0) is 24.3. The maximum absolute atomic E-state index is 14.7. The Morgan fingerprint density at radius 2 is 1.62 bits per heavy atom. The van der Waals surface area contributed by atoms with Crippen LogP contribution in [0.4, 0.5) is 20.2 Å². The van der Waals surface area contributed by atoms with Gasteiger partial charge in [-0.25, -0.2) is 8.78 Å².